The lowest BCUT2D eigenvalue weighted by Gasteiger charge is -2.29. The molecule has 1 atom stereocenters. The van der Waals surface area contributed by atoms with Gasteiger partial charge >= 0.3 is 0 Å². The molecule has 0 bridgehead atoms. The molecule has 3 rings (SSSR count). The van der Waals surface area contributed by atoms with Gasteiger partial charge in [0.25, 0.3) is 0 Å². The van der Waals surface area contributed by atoms with Crippen LogP contribution in [0, 0.1) is 0 Å². The van der Waals surface area contributed by atoms with Crippen molar-refractivity contribution in [2.45, 2.75) is 74.9 Å². The smallest absolute Gasteiger partial charge is 0.189 e. The van der Waals surface area contributed by atoms with Crippen molar-refractivity contribution in [2.24, 2.45) is 0 Å². The molecule has 0 saturated carbocycles. The van der Waals surface area contributed by atoms with E-state index in [0.29, 0.717) is 17.5 Å². The molecule has 1 heterocycles. The van der Waals surface area contributed by atoms with E-state index >= 15 is 0 Å². The summed E-state index contributed by atoms with van der Waals surface area (Å²) in [6.45, 7) is 4.44. The molecule has 0 aromatic heterocycles. The molecule has 1 aromatic carbocycles. The summed E-state index contributed by atoms with van der Waals surface area (Å²) in [5.41, 5.74) is 2.08. The van der Waals surface area contributed by atoms with Gasteiger partial charge in [0, 0.05) is 11.5 Å². The summed E-state index contributed by atoms with van der Waals surface area (Å²) in [5, 5.41) is 21.1. The third-order valence-corrected chi connectivity index (χ3v) is 7.85. The summed E-state index contributed by atoms with van der Waals surface area (Å²) >= 11 is 0. The molecular formula is C21H30O5S. The van der Waals surface area contributed by atoms with E-state index in [0.717, 1.165) is 38.5 Å². The zero-order chi connectivity index (χ0) is 19.6. The second-order valence-corrected chi connectivity index (χ2v) is 9.98. The minimum atomic E-state index is -3.70. The van der Waals surface area contributed by atoms with Gasteiger partial charge in [-0.2, -0.15) is 0 Å². The first-order valence-corrected chi connectivity index (χ1v) is 11.5. The standard InChI is InChI=1S/C21H30O5S/c1-3-4-5-8-16-11-18(22)19(15-9-6-7-14(2)10-15)20(23)21(16)27(24,25)17-12-26-13-17/h10-11,15,17,22-23H,3-9,12-13H2,1-2H3. The third-order valence-electron chi connectivity index (χ3n) is 5.67. The van der Waals surface area contributed by atoms with Gasteiger partial charge in [0.2, 0.25) is 0 Å². The van der Waals surface area contributed by atoms with Crippen molar-refractivity contribution in [1.82, 2.24) is 0 Å². The van der Waals surface area contributed by atoms with Crippen molar-refractivity contribution >= 4 is 9.84 Å². The van der Waals surface area contributed by atoms with Gasteiger partial charge < -0.3 is 14.9 Å². The molecule has 0 amide bonds. The summed E-state index contributed by atoms with van der Waals surface area (Å²) in [5.74, 6) is -0.418. The van der Waals surface area contributed by atoms with Crippen LogP contribution in [0.3, 0.4) is 0 Å². The van der Waals surface area contributed by atoms with Gasteiger partial charge in [-0.3, -0.25) is 0 Å². The molecule has 2 aliphatic rings. The summed E-state index contributed by atoms with van der Waals surface area (Å²) in [6.07, 6.45) is 8.12. The van der Waals surface area contributed by atoms with E-state index in [-0.39, 0.29) is 35.5 Å². The second kappa shape index (κ2) is 8.23. The van der Waals surface area contributed by atoms with Gasteiger partial charge in [0.05, 0.1) is 13.2 Å². The number of benzene rings is 1. The van der Waals surface area contributed by atoms with E-state index in [9.17, 15) is 18.6 Å². The van der Waals surface area contributed by atoms with E-state index in [4.69, 9.17) is 4.74 Å². The Balaban J connectivity index is 2.11. The van der Waals surface area contributed by atoms with Crippen molar-refractivity contribution in [3.8, 4) is 11.5 Å². The average molecular weight is 395 g/mol. The lowest BCUT2D eigenvalue weighted by molar-refractivity contribution is 0.0415. The Morgan fingerprint density at radius 2 is 1.96 bits per heavy atom. The summed E-state index contributed by atoms with van der Waals surface area (Å²) in [6, 6.07) is 1.56. The molecule has 1 unspecified atom stereocenters. The monoisotopic (exact) mass is 394 g/mol. The maximum atomic E-state index is 13.2. The van der Waals surface area contributed by atoms with Gasteiger partial charge in [-0.1, -0.05) is 31.4 Å². The first-order chi connectivity index (χ1) is 12.9. The van der Waals surface area contributed by atoms with Gasteiger partial charge in [0.15, 0.2) is 9.84 Å². The normalized spacial score (nSPS) is 21.0. The van der Waals surface area contributed by atoms with E-state index in [1.165, 1.54) is 5.57 Å². The van der Waals surface area contributed by atoms with E-state index in [2.05, 4.69) is 6.92 Å². The number of rotatable bonds is 7. The fourth-order valence-electron chi connectivity index (χ4n) is 4.04. The van der Waals surface area contributed by atoms with Gasteiger partial charge in [-0.15, -0.1) is 0 Å². The molecule has 1 saturated heterocycles. The second-order valence-electron chi connectivity index (χ2n) is 7.82. The predicted octanol–water partition coefficient (Wildman–Crippen LogP) is 4.22. The minimum Gasteiger partial charge on any atom is -0.507 e. The van der Waals surface area contributed by atoms with Crippen LogP contribution in [0.1, 0.15) is 69.4 Å². The number of ether oxygens (including phenoxy) is 1. The summed E-state index contributed by atoms with van der Waals surface area (Å²) in [4.78, 5) is 0.0105. The fourth-order valence-corrected chi connectivity index (χ4v) is 5.83. The van der Waals surface area contributed by atoms with Gasteiger partial charge in [0.1, 0.15) is 21.6 Å². The molecule has 1 aliphatic heterocycles. The first-order valence-electron chi connectivity index (χ1n) is 9.92. The Hall–Kier alpha value is -1.53. The number of aromatic hydroxyl groups is 2. The largest absolute Gasteiger partial charge is 0.507 e. The molecule has 150 valence electrons. The van der Waals surface area contributed by atoms with E-state index in [1.54, 1.807) is 6.07 Å². The van der Waals surface area contributed by atoms with Crippen LogP contribution in [0.2, 0.25) is 0 Å². The molecule has 5 nitrogen and oxygen atoms in total. The number of phenolic OH excluding ortho intramolecular Hbond substituents is 2. The number of unbranched alkanes of at least 4 members (excludes halogenated alkanes) is 2. The molecule has 1 aliphatic carbocycles. The molecule has 1 fully saturated rings. The molecule has 0 radical (unpaired) electrons. The van der Waals surface area contributed by atoms with Crippen LogP contribution < -0.4 is 0 Å². The van der Waals surface area contributed by atoms with E-state index < -0.39 is 15.1 Å². The van der Waals surface area contributed by atoms with Crippen molar-refractivity contribution < 1.29 is 23.4 Å². The van der Waals surface area contributed by atoms with Crippen LogP contribution in [0.4, 0.5) is 0 Å². The average Bonchev–Trinajstić information content (AvgIpc) is 2.52. The minimum absolute atomic E-state index is 0.00115. The topological polar surface area (TPSA) is 83.8 Å². The first kappa shape index (κ1) is 20.2. The molecular weight excluding hydrogens is 364 g/mol. The molecule has 6 heteroatoms. The maximum Gasteiger partial charge on any atom is 0.189 e. The Labute approximate surface area is 162 Å². The highest BCUT2D eigenvalue weighted by Gasteiger charge is 2.39. The van der Waals surface area contributed by atoms with Crippen molar-refractivity contribution in [3.63, 3.8) is 0 Å². The highest BCUT2D eigenvalue weighted by molar-refractivity contribution is 7.92. The maximum absolute atomic E-state index is 13.2. The quantitative estimate of drug-likeness (QED) is 0.534. The highest BCUT2D eigenvalue weighted by Crippen LogP contribution is 2.46. The zero-order valence-corrected chi connectivity index (χ0v) is 17.0. The Kier molecular flexibility index (Phi) is 6.16. The SMILES string of the molecule is CCCCCc1cc(O)c(C2C=C(C)CCC2)c(O)c1S(=O)(=O)C1COC1. The van der Waals surface area contributed by atoms with E-state index in [1.807, 2.05) is 13.0 Å². The van der Waals surface area contributed by atoms with Crippen molar-refractivity contribution in [1.29, 1.82) is 0 Å². The number of phenols is 2. The van der Waals surface area contributed by atoms with Crippen molar-refractivity contribution in [2.75, 3.05) is 13.2 Å². The number of hydrogen-bond donors (Lipinski definition) is 2. The van der Waals surface area contributed by atoms with Gasteiger partial charge in [-0.25, -0.2) is 8.42 Å². The number of hydrogen-bond acceptors (Lipinski definition) is 5. The van der Waals surface area contributed by atoms with Crippen molar-refractivity contribution in [3.05, 3.63) is 28.8 Å². The Morgan fingerprint density at radius 3 is 2.56 bits per heavy atom. The lowest BCUT2D eigenvalue weighted by atomic mass is 9.84. The fraction of sp³-hybridized carbons (Fsp3) is 0.619. The molecule has 27 heavy (non-hydrogen) atoms. The molecule has 1 aromatic rings. The van der Waals surface area contributed by atoms with Crippen LogP contribution in [-0.4, -0.2) is 37.1 Å². The number of sulfone groups is 1. The highest BCUT2D eigenvalue weighted by atomic mass is 32.2. The van der Waals surface area contributed by atoms with Crippen LogP contribution >= 0.6 is 0 Å². The summed E-state index contributed by atoms with van der Waals surface area (Å²) < 4.78 is 31.4. The lowest BCUT2D eigenvalue weighted by Crippen LogP contribution is -2.41. The predicted molar refractivity (Wildman–Crippen MR) is 105 cm³/mol. The zero-order valence-electron chi connectivity index (χ0n) is 16.2. The number of aryl methyl sites for hydroxylation is 1. The molecule has 2 N–H and O–H groups in total. The van der Waals surface area contributed by atoms with Gasteiger partial charge in [-0.05, 0) is 50.7 Å². The Morgan fingerprint density at radius 1 is 1.22 bits per heavy atom. The van der Waals surface area contributed by atoms with Crippen LogP contribution in [0.25, 0.3) is 0 Å². The van der Waals surface area contributed by atoms with Crippen LogP contribution in [-0.2, 0) is 21.0 Å². The Bertz CT molecular complexity index is 821. The number of allylic oxidation sites excluding steroid dienone is 2. The van der Waals surface area contributed by atoms with Crippen LogP contribution in [0.5, 0.6) is 11.5 Å². The van der Waals surface area contributed by atoms with Crippen LogP contribution in [0.15, 0.2) is 22.6 Å². The third kappa shape index (κ3) is 4.02. The molecule has 0 spiro atoms. The summed E-state index contributed by atoms with van der Waals surface area (Å²) in [7, 11) is -3.70.